The first-order chi connectivity index (χ1) is 6.76. The zero-order valence-electron chi connectivity index (χ0n) is 8.37. The van der Waals surface area contributed by atoms with Crippen molar-refractivity contribution in [2.45, 2.75) is 18.4 Å². The van der Waals surface area contributed by atoms with Gasteiger partial charge in [0, 0.05) is 7.11 Å². The van der Waals surface area contributed by atoms with E-state index in [0.29, 0.717) is 0 Å². The number of benzene rings is 1. The van der Waals surface area contributed by atoms with Crippen LogP contribution < -0.4 is 0 Å². The van der Waals surface area contributed by atoms with Crippen LogP contribution in [0.4, 0.5) is 0 Å². The van der Waals surface area contributed by atoms with Crippen molar-refractivity contribution in [3.63, 3.8) is 0 Å². The summed E-state index contributed by atoms with van der Waals surface area (Å²) in [5.41, 5.74) is 2.23. The van der Waals surface area contributed by atoms with Crippen LogP contribution in [0.2, 0.25) is 0 Å². The zero-order valence-corrected chi connectivity index (χ0v) is 9.13. The molecule has 1 aromatic carbocycles. The number of methoxy groups -OCH3 is 1. The quantitative estimate of drug-likeness (QED) is 0.677. The van der Waals surface area contributed by atoms with Gasteiger partial charge in [0.05, 0.1) is 0 Å². The van der Waals surface area contributed by atoms with Crippen molar-refractivity contribution in [1.29, 1.82) is 0 Å². The molecule has 0 aliphatic rings. The molecule has 14 heavy (non-hydrogen) atoms. The lowest BCUT2D eigenvalue weighted by atomic mass is 10.1. The lowest BCUT2D eigenvalue weighted by molar-refractivity contribution is 0.160. The van der Waals surface area contributed by atoms with Gasteiger partial charge in [0.1, 0.15) is 5.56 Å². The summed E-state index contributed by atoms with van der Waals surface area (Å²) in [6, 6.07) is 8.29. The van der Waals surface area contributed by atoms with Crippen molar-refractivity contribution in [2.75, 3.05) is 7.11 Å². The highest BCUT2D eigenvalue weighted by atomic mass is 35.5. The predicted octanol–water partition coefficient (Wildman–Crippen LogP) is 3.47. The van der Waals surface area contributed by atoms with E-state index >= 15 is 0 Å². The molecule has 0 aromatic heterocycles. The van der Waals surface area contributed by atoms with Gasteiger partial charge in [0.2, 0.25) is 0 Å². The Bertz CT molecular complexity index is 279. The maximum Gasteiger partial charge on any atom is 0.131 e. The fourth-order valence-corrected chi connectivity index (χ4v) is 1.33. The van der Waals surface area contributed by atoms with Crippen LogP contribution in [0.25, 0.3) is 6.08 Å². The molecule has 2 heteroatoms. The van der Waals surface area contributed by atoms with Crippen LogP contribution in [0.15, 0.2) is 30.8 Å². The molecule has 0 saturated carbocycles. The Kier molecular flexibility index (Phi) is 4.71. The summed E-state index contributed by atoms with van der Waals surface area (Å²) in [4.78, 5) is 0. The van der Waals surface area contributed by atoms with Gasteiger partial charge >= 0.3 is 0 Å². The Morgan fingerprint density at radius 1 is 1.43 bits per heavy atom. The topological polar surface area (TPSA) is 9.23 Å². The lowest BCUT2D eigenvalue weighted by Gasteiger charge is -2.06. The molecule has 0 saturated heterocycles. The van der Waals surface area contributed by atoms with E-state index in [0.717, 1.165) is 18.4 Å². The van der Waals surface area contributed by atoms with Gasteiger partial charge in [-0.3, -0.25) is 0 Å². The molecule has 1 unspecified atom stereocenters. The molecular formula is C12H15ClO. The van der Waals surface area contributed by atoms with Gasteiger partial charge in [-0.25, -0.2) is 0 Å². The Hall–Kier alpha value is -0.790. The molecule has 0 radical (unpaired) electrons. The van der Waals surface area contributed by atoms with E-state index in [2.05, 4.69) is 30.8 Å². The molecule has 1 aromatic rings. The highest BCUT2D eigenvalue weighted by Gasteiger charge is 2.01. The van der Waals surface area contributed by atoms with Crippen LogP contribution in [0, 0.1) is 0 Å². The highest BCUT2D eigenvalue weighted by molar-refractivity contribution is 6.19. The van der Waals surface area contributed by atoms with Gasteiger partial charge in [-0.15, -0.1) is 0 Å². The third-order valence-electron chi connectivity index (χ3n) is 2.13. The third-order valence-corrected chi connectivity index (χ3v) is 2.53. The summed E-state index contributed by atoms with van der Waals surface area (Å²) in [5, 5.41) is 0. The van der Waals surface area contributed by atoms with E-state index in [1.165, 1.54) is 5.56 Å². The Balaban J connectivity index is 2.47. The van der Waals surface area contributed by atoms with E-state index in [-0.39, 0.29) is 5.56 Å². The second-order valence-corrected chi connectivity index (χ2v) is 3.62. The van der Waals surface area contributed by atoms with E-state index in [4.69, 9.17) is 16.3 Å². The minimum Gasteiger partial charge on any atom is -0.366 e. The number of alkyl halides is 1. The number of ether oxygens (including phenoxy) is 1. The maximum atomic E-state index is 5.84. The van der Waals surface area contributed by atoms with Crippen LogP contribution in [-0.4, -0.2) is 12.7 Å². The maximum absolute atomic E-state index is 5.84. The van der Waals surface area contributed by atoms with Crippen molar-refractivity contribution in [2.24, 2.45) is 0 Å². The second-order valence-electron chi connectivity index (χ2n) is 3.13. The summed E-state index contributed by atoms with van der Waals surface area (Å²) in [6.07, 6.45) is 3.62. The molecule has 0 heterocycles. The van der Waals surface area contributed by atoms with Gasteiger partial charge in [0.25, 0.3) is 0 Å². The van der Waals surface area contributed by atoms with Gasteiger partial charge in [-0.2, -0.15) is 0 Å². The van der Waals surface area contributed by atoms with E-state index in [1.807, 2.05) is 6.08 Å². The van der Waals surface area contributed by atoms with E-state index < -0.39 is 0 Å². The van der Waals surface area contributed by atoms with Gasteiger partial charge in [0.15, 0.2) is 0 Å². The Labute approximate surface area is 90.3 Å². The molecule has 0 fully saturated rings. The number of hydrogen-bond acceptors (Lipinski definition) is 1. The smallest absolute Gasteiger partial charge is 0.131 e. The van der Waals surface area contributed by atoms with Crippen molar-refractivity contribution >= 4 is 17.7 Å². The monoisotopic (exact) mass is 210 g/mol. The molecule has 1 nitrogen and oxygen atoms in total. The second kappa shape index (κ2) is 5.84. The fraction of sp³-hybridized carbons (Fsp3) is 0.333. The van der Waals surface area contributed by atoms with Crippen LogP contribution in [0.5, 0.6) is 0 Å². The normalized spacial score (nSPS) is 12.4. The Morgan fingerprint density at radius 2 is 2.07 bits per heavy atom. The molecule has 1 atom stereocenters. The molecule has 0 aliphatic heterocycles. The number of halogens is 1. The van der Waals surface area contributed by atoms with Gasteiger partial charge < -0.3 is 4.74 Å². The molecule has 0 spiro atoms. The van der Waals surface area contributed by atoms with Crippen molar-refractivity contribution in [3.8, 4) is 0 Å². The molecule has 0 bridgehead atoms. The summed E-state index contributed by atoms with van der Waals surface area (Å²) in [7, 11) is 1.62. The summed E-state index contributed by atoms with van der Waals surface area (Å²) < 4.78 is 4.97. The summed E-state index contributed by atoms with van der Waals surface area (Å²) >= 11 is 5.84. The zero-order chi connectivity index (χ0) is 10.4. The fourth-order valence-electron chi connectivity index (χ4n) is 1.22. The van der Waals surface area contributed by atoms with Crippen LogP contribution >= 0.6 is 11.6 Å². The first-order valence-electron chi connectivity index (χ1n) is 4.64. The highest BCUT2D eigenvalue weighted by Crippen LogP contribution is 2.11. The Morgan fingerprint density at radius 3 is 2.57 bits per heavy atom. The van der Waals surface area contributed by atoms with Crippen LogP contribution in [0.3, 0.4) is 0 Å². The summed E-state index contributed by atoms with van der Waals surface area (Å²) in [5.74, 6) is 0. The minimum absolute atomic E-state index is 0.186. The molecule has 0 amide bonds. The average Bonchev–Trinajstić information content (AvgIpc) is 2.26. The molecule has 0 N–H and O–H groups in total. The van der Waals surface area contributed by atoms with Crippen molar-refractivity contribution in [1.82, 2.24) is 0 Å². The van der Waals surface area contributed by atoms with Gasteiger partial charge in [-0.05, 0) is 24.0 Å². The van der Waals surface area contributed by atoms with Crippen molar-refractivity contribution < 1.29 is 4.74 Å². The summed E-state index contributed by atoms with van der Waals surface area (Å²) in [6.45, 7) is 3.71. The molecule has 1 rings (SSSR count). The SMILES string of the molecule is C=Cc1ccc(CCC(Cl)OC)cc1. The first kappa shape index (κ1) is 11.3. The predicted molar refractivity (Wildman–Crippen MR) is 61.5 cm³/mol. The molecule has 76 valence electrons. The number of aryl methyl sites for hydroxylation is 1. The van der Waals surface area contributed by atoms with E-state index in [9.17, 15) is 0 Å². The van der Waals surface area contributed by atoms with Crippen LogP contribution in [-0.2, 0) is 11.2 Å². The first-order valence-corrected chi connectivity index (χ1v) is 5.08. The average molecular weight is 211 g/mol. The van der Waals surface area contributed by atoms with E-state index in [1.54, 1.807) is 7.11 Å². The van der Waals surface area contributed by atoms with Gasteiger partial charge in [-0.1, -0.05) is 48.5 Å². The minimum atomic E-state index is -0.186. The molecule has 0 aliphatic carbocycles. The van der Waals surface area contributed by atoms with Crippen molar-refractivity contribution in [3.05, 3.63) is 42.0 Å². The number of rotatable bonds is 5. The van der Waals surface area contributed by atoms with Crippen LogP contribution in [0.1, 0.15) is 17.5 Å². The standard InChI is InChI=1S/C12H15ClO/c1-3-10-4-6-11(7-5-10)8-9-12(13)14-2/h3-7,12H,1,8-9H2,2H3. The lowest BCUT2D eigenvalue weighted by Crippen LogP contribution is -2.02. The molecular weight excluding hydrogens is 196 g/mol. The largest absolute Gasteiger partial charge is 0.366 e. The number of hydrogen-bond donors (Lipinski definition) is 0. The third kappa shape index (κ3) is 3.52.